The van der Waals surface area contributed by atoms with Gasteiger partial charge in [0.05, 0.1) is 10.2 Å². The molecule has 3 heterocycles. The second-order valence-corrected chi connectivity index (χ2v) is 6.02. The van der Waals surface area contributed by atoms with Crippen LogP contribution in [0.25, 0.3) is 10.2 Å². The molecule has 4 rings (SSSR count). The van der Waals surface area contributed by atoms with Gasteiger partial charge in [0.25, 0.3) is 5.91 Å². The van der Waals surface area contributed by atoms with Crippen LogP contribution in [0.3, 0.4) is 0 Å². The Bertz CT molecular complexity index is 843. The molecule has 8 heteroatoms. The lowest BCUT2D eigenvalue weighted by Crippen LogP contribution is -2.15. The monoisotopic (exact) mass is 330 g/mol. The first-order valence-corrected chi connectivity index (χ1v) is 8.09. The number of benzene rings is 1. The Morgan fingerprint density at radius 1 is 1.35 bits per heavy atom. The summed E-state index contributed by atoms with van der Waals surface area (Å²) >= 11 is 1.39. The van der Waals surface area contributed by atoms with E-state index >= 15 is 0 Å². The number of rotatable bonds is 3. The summed E-state index contributed by atoms with van der Waals surface area (Å²) in [4.78, 5) is 16.6. The van der Waals surface area contributed by atoms with E-state index in [9.17, 15) is 4.79 Å². The third-order valence-corrected chi connectivity index (χ3v) is 4.40. The number of carbonyl (C=O) groups is 1. The summed E-state index contributed by atoms with van der Waals surface area (Å²) in [7, 11) is 0. The minimum Gasteiger partial charge on any atom is -0.486 e. The van der Waals surface area contributed by atoms with Gasteiger partial charge < -0.3 is 9.47 Å². The fourth-order valence-corrected chi connectivity index (χ4v) is 3.21. The number of thiazole rings is 1. The van der Waals surface area contributed by atoms with Crippen LogP contribution in [0.2, 0.25) is 0 Å². The predicted octanol–water partition coefficient (Wildman–Crippen LogP) is 2.54. The molecule has 0 bridgehead atoms. The Hall–Kier alpha value is -2.61. The van der Waals surface area contributed by atoms with Crippen molar-refractivity contribution in [3.8, 4) is 11.5 Å². The maximum Gasteiger partial charge on any atom is 0.277 e. The quantitative estimate of drug-likeness (QED) is 0.798. The van der Waals surface area contributed by atoms with Gasteiger partial charge in [0, 0.05) is 24.9 Å². The summed E-state index contributed by atoms with van der Waals surface area (Å²) in [6, 6.07) is 5.41. The highest BCUT2D eigenvalue weighted by Gasteiger charge is 2.17. The third-order valence-electron chi connectivity index (χ3n) is 3.47. The molecule has 7 nitrogen and oxygen atoms in total. The zero-order valence-electron chi connectivity index (χ0n) is 12.4. The molecule has 0 unspecified atom stereocenters. The lowest BCUT2D eigenvalue weighted by Gasteiger charge is -2.17. The van der Waals surface area contributed by atoms with E-state index in [4.69, 9.17) is 9.47 Å². The van der Waals surface area contributed by atoms with E-state index in [-0.39, 0.29) is 5.91 Å². The zero-order chi connectivity index (χ0) is 15.8. The molecule has 0 spiro atoms. The Morgan fingerprint density at radius 2 is 2.13 bits per heavy atom. The van der Waals surface area contributed by atoms with Gasteiger partial charge in [-0.15, -0.1) is 0 Å². The van der Waals surface area contributed by atoms with Gasteiger partial charge in [-0.1, -0.05) is 11.3 Å². The molecule has 0 saturated heterocycles. The molecule has 0 fully saturated rings. The summed E-state index contributed by atoms with van der Waals surface area (Å²) in [6.07, 6.45) is 1.77. The molecule has 2 aromatic heterocycles. The number of ether oxygens (including phenoxy) is 2. The SMILES string of the molecule is CCn1ccc(C(=O)Nc2nc3cc4c(cc3s2)OCCO4)n1. The molecule has 0 aliphatic carbocycles. The number of nitrogens with zero attached hydrogens (tertiary/aromatic N) is 3. The first-order chi connectivity index (χ1) is 11.2. The second-order valence-electron chi connectivity index (χ2n) is 4.99. The number of aryl methyl sites for hydroxylation is 1. The number of anilines is 1. The average molecular weight is 330 g/mol. The van der Waals surface area contributed by atoms with Crippen molar-refractivity contribution in [3.63, 3.8) is 0 Å². The molecular weight excluding hydrogens is 316 g/mol. The van der Waals surface area contributed by atoms with Crippen LogP contribution in [-0.2, 0) is 6.54 Å². The Balaban J connectivity index is 1.60. The van der Waals surface area contributed by atoms with E-state index in [2.05, 4.69) is 15.4 Å². The molecule has 3 aromatic rings. The van der Waals surface area contributed by atoms with E-state index in [0.717, 1.165) is 16.8 Å². The molecule has 1 aliphatic rings. The van der Waals surface area contributed by atoms with Crippen LogP contribution < -0.4 is 14.8 Å². The summed E-state index contributed by atoms with van der Waals surface area (Å²) in [5.74, 6) is 1.13. The van der Waals surface area contributed by atoms with Crippen molar-refractivity contribution < 1.29 is 14.3 Å². The van der Waals surface area contributed by atoms with Crippen LogP contribution in [0.1, 0.15) is 17.4 Å². The third kappa shape index (κ3) is 2.61. The van der Waals surface area contributed by atoms with Crippen molar-refractivity contribution in [2.45, 2.75) is 13.5 Å². The van der Waals surface area contributed by atoms with Crippen LogP contribution >= 0.6 is 11.3 Å². The number of nitrogens with one attached hydrogen (secondary N) is 1. The minimum absolute atomic E-state index is 0.270. The van der Waals surface area contributed by atoms with Crippen molar-refractivity contribution in [1.82, 2.24) is 14.8 Å². The number of fused-ring (bicyclic) bond motifs is 2. The van der Waals surface area contributed by atoms with E-state index < -0.39 is 0 Å². The average Bonchev–Trinajstić information content (AvgIpc) is 3.18. The first-order valence-electron chi connectivity index (χ1n) is 7.28. The fraction of sp³-hybridized carbons (Fsp3) is 0.267. The number of aromatic nitrogens is 3. The van der Waals surface area contributed by atoms with Gasteiger partial charge in [0.15, 0.2) is 22.3 Å². The van der Waals surface area contributed by atoms with Gasteiger partial charge >= 0.3 is 0 Å². The van der Waals surface area contributed by atoms with Crippen LogP contribution in [-0.4, -0.2) is 33.9 Å². The van der Waals surface area contributed by atoms with Crippen molar-refractivity contribution in [2.24, 2.45) is 0 Å². The van der Waals surface area contributed by atoms with Gasteiger partial charge in [-0.05, 0) is 13.0 Å². The van der Waals surface area contributed by atoms with Gasteiger partial charge in [0.1, 0.15) is 13.2 Å². The van der Waals surface area contributed by atoms with Crippen LogP contribution in [0.5, 0.6) is 11.5 Å². The molecule has 1 aliphatic heterocycles. The van der Waals surface area contributed by atoms with Crippen molar-refractivity contribution in [3.05, 3.63) is 30.1 Å². The van der Waals surface area contributed by atoms with E-state index in [1.54, 1.807) is 16.9 Å². The normalized spacial score (nSPS) is 13.3. The van der Waals surface area contributed by atoms with Crippen LogP contribution in [0.15, 0.2) is 24.4 Å². The topological polar surface area (TPSA) is 78.3 Å². The number of hydrogen-bond acceptors (Lipinski definition) is 6. The number of hydrogen-bond donors (Lipinski definition) is 1. The van der Waals surface area contributed by atoms with E-state index in [1.807, 2.05) is 19.1 Å². The molecule has 1 aromatic carbocycles. The molecule has 23 heavy (non-hydrogen) atoms. The Morgan fingerprint density at radius 3 is 2.87 bits per heavy atom. The Labute approximate surface area is 135 Å². The van der Waals surface area contributed by atoms with Gasteiger partial charge in [-0.2, -0.15) is 5.10 Å². The summed E-state index contributed by atoms with van der Waals surface area (Å²) in [5, 5.41) is 7.50. The number of carbonyl (C=O) groups excluding carboxylic acids is 1. The molecule has 1 N–H and O–H groups in total. The second kappa shape index (κ2) is 5.54. The van der Waals surface area contributed by atoms with Crippen molar-refractivity contribution >= 4 is 32.6 Å². The zero-order valence-corrected chi connectivity index (χ0v) is 13.2. The summed E-state index contributed by atoms with van der Waals surface area (Å²) in [6.45, 7) is 3.77. The minimum atomic E-state index is -0.270. The maximum atomic E-state index is 12.2. The molecule has 0 radical (unpaired) electrons. The predicted molar refractivity (Wildman–Crippen MR) is 86.5 cm³/mol. The molecule has 118 valence electrons. The fourth-order valence-electron chi connectivity index (χ4n) is 2.34. The highest BCUT2D eigenvalue weighted by atomic mass is 32.1. The van der Waals surface area contributed by atoms with Crippen molar-refractivity contribution in [2.75, 3.05) is 18.5 Å². The molecule has 0 saturated carbocycles. The highest BCUT2D eigenvalue weighted by molar-refractivity contribution is 7.22. The lowest BCUT2D eigenvalue weighted by molar-refractivity contribution is 0.102. The first kappa shape index (κ1) is 14.0. The van der Waals surface area contributed by atoms with E-state index in [1.165, 1.54) is 11.3 Å². The summed E-state index contributed by atoms with van der Waals surface area (Å²) < 4.78 is 13.7. The standard InChI is InChI=1S/C15H14N4O3S/c1-2-19-4-3-9(18-19)14(20)17-15-16-10-7-11-12(8-13(10)23-15)22-6-5-21-11/h3-4,7-8H,2,5-6H2,1H3,(H,16,17,20). The number of amides is 1. The van der Waals surface area contributed by atoms with Crippen molar-refractivity contribution in [1.29, 1.82) is 0 Å². The van der Waals surface area contributed by atoms with E-state index in [0.29, 0.717) is 35.5 Å². The lowest BCUT2D eigenvalue weighted by atomic mass is 10.3. The van der Waals surface area contributed by atoms with Gasteiger partial charge in [-0.25, -0.2) is 4.98 Å². The maximum absolute atomic E-state index is 12.2. The highest BCUT2D eigenvalue weighted by Crippen LogP contribution is 2.37. The molecule has 1 amide bonds. The molecule has 0 atom stereocenters. The smallest absolute Gasteiger partial charge is 0.277 e. The van der Waals surface area contributed by atoms with Gasteiger partial charge in [0.2, 0.25) is 0 Å². The van der Waals surface area contributed by atoms with Crippen LogP contribution in [0.4, 0.5) is 5.13 Å². The largest absolute Gasteiger partial charge is 0.486 e. The Kier molecular flexibility index (Phi) is 3.38. The molecular formula is C15H14N4O3S. The summed E-state index contributed by atoms with van der Waals surface area (Å²) in [5.41, 5.74) is 1.14. The van der Waals surface area contributed by atoms with Crippen LogP contribution in [0, 0.1) is 0 Å². The van der Waals surface area contributed by atoms with Gasteiger partial charge in [-0.3, -0.25) is 14.8 Å².